The molecule has 0 unspecified atom stereocenters. The fraction of sp³-hybridized carbons (Fsp3) is 0.560. The number of urea groups is 1. The SMILES string of the molecule is CN1CCN(C(=O)ON=C(N)c2ccc(N3CC[C@H](NC(=O)NCCC(=O)OC(C)(C)C)C3=O)cc2)CC1.Cl.Cl. The second kappa shape index (κ2) is 15.5. The van der Waals surface area contributed by atoms with Crippen LogP contribution in [0.4, 0.5) is 15.3 Å². The number of esters is 1. The van der Waals surface area contributed by atoms with Crippen molar-refractivity contribution in [3.05, 3.63) is 29.8 Å². The van der Waals surface area contributed by atoms with Gasteiger partial charge >= 0.3 is 18.1 Å². The fourth-order valence-electron chi connectivity index (χ4n) is 3.95. The maximum atomic E-state index is 12.8. The first kappa shape index (κ1) is 34.7. The van der Waals surface area contributed by atoms with Crippen molar-refractivity contribution in [1.29, 1.82) is 0 Å². The Morgan fingerprint density at radius 2 is 1.68 bits per heavy atom. The van der Waals surface area contributed by atoms with Crippen molar-refractivity contribution in [3.8, 4) is 0 Å². The predicted octanol–water partition coefficient (Wildman–Crippen LogP) is 1.67. The molecular formula is C25H39Cl2N7O6. The zero-order chi connectivity index (χ0) is 27.9. The third kappa shape index (κ3) is 10.4. The largest absolute Gasteiger partial charge is 0.460 e. The second-order valence-corrected chi connectivity index (χ2v) is 10.2. The molecule has 2 aliphatic heterocycles. The van der Waals surface area contributed by atoms with Gasteiger partial charge < -0.3 is 35.8 Å². The van der Waals surface area contributed by atoms with Crippen LogP contribution < -0.4 is 21.3 Å². The highest BCUT2D eigenvalue weighted by Crippen LogP contribution is 2.22. The summed E-state index contributed by atoms with van der Waals surface area (Å²) in [6.07, 6.45) is -0.0809. The van der Waals surface area contributed by atoms with Crippen molar-refractivity contribution in [2.75, 3.05) is 51.2 Å². The van der Waals surface area contributed by atoms with Gasteiger partial charge in [-0.3, -0.25) is 14.4 Å². The van der Waals surface area contributed by atoms with E-state index in [4.69, 9.17) is 15.3 Å². The number of amidine groups is 1. The number of likely N-dealkylation sites (N-methyl/N-ethyl adjacent to an activating group) is 1. The molecule has 2 aliphatic rings. The summed E-state index contributed by atoms with van der Waals surface area (Å²) in [7, 11) is 1.99. The van der Waals surface area contributed by atoms with Crippen molar-refractivity contribution in [3.63, 3.8) is 0 Å². The molecule has 0 spiro atoms. The molecule has 2 saturated heterocycles. The Kier molecular flexibility index (Phi) is 13.4. The van der Waals surface area contributed by atoms with Crippen LogP contribution in [0.3, 0.4) is 0 Å². The Morgan fingerprint density at radius 1 is 1.05 bits per heavy atom. The van der Waals surface area contributed by atoms with Crippen molar-refractivity contribution < 1.29 is 28.8 Å². The molecule has 0 aliphatic carbocycles. The van der Waals surface area contributed by atoms with Gasteiger partial charge in [-0.05, 0) is 58.5 Å². The van der Waals surface area contributed by atoms with Gasteiger partial charge in [0.15, 0.2) is 5.84 Å². The van der Waals surface area contributed by atoms with Gasteiger partial charge in [0.05, 0.1) is 6.42 Å². The molecule has 2 heterocycles. The van der Waals surface area contributed by atoms with E-state index in [1.54, 1.807) is 54.8 Å². The number of halogens is 2. The lowest BCUT2D eigenvalue weighted by Gasteiger charge is -2.30. The van der Waals surface area contributed by atoms with Gasteiger partial charge in [0.2, 0.25) is 5.91 Å². The number of hydrogen-bond acceptors (Lipinski definition) is 8. The highest BCUT2D eigenvalue weighted by molar-refractivity contribution is 6.02. The minimum atomic E-state index is -0.683. The van der Waals surface area contributed by atoms with Crippen LogP contribution in [0.15, 0.2) is 29.4 Å². The van der Waals surface area contributed by atoms with E-state index in [-0.39, 0.29) is 49.5 Å². The minimum Gasteiger partial charge on any atom is -0.460 e. The van der Waals surface area contributed by atoms with Crippen LogP contribution in [0.5, 0.6) is 0 Å². The molecule has 4 amide bonds. The summed E-state index contributed by atoms with van der Waals surface area (Å²) in [5.41, 5.74) is 6.55. The van der Waals surface area contributed by atoms with E-state index >= 15 is 0 Å². The number of nitrogens with two attached hydrogens (primary N) is 1. The van der Waals surface area contributed by atoms with E-state index in [1.165, 1.54) is 0 Å². The number of oxime groups is 1. The molecule has 0 saturated carbocycles. The standard InChI is InChI=1S/C25H37N7O6.2ClH/c1-25(2,3)37-20(33)9-11-27-23(35)28-19-10-12-32(22(19)34)18-7-5-17(6-8-18)21(26)29-38-24(36)31-15-13-30(4)14-16-31;;/h5-8,19H,9-16H2,1-4H3,(H2,26,29)(H2,27,28,35);2*1H/t19-;;/m0../s1. The Balaban J connectivity index is 0.00000400. The number of carbonyl (C=O) groups is 4. The molecule has 0 aromatic heterocycles. The number of rotatable bonds is 7. The van der Waals surface area contributed by atoms with Gasteiger partial charge in [-0.15, -0.1) is 24.8 Å². The molecule has 1 aromatic carbocycles. The summed E-state index contributed by atoms with van der Waals surface area (Å²) in [5.74, 6) is -0.625. The van der Waals surface area contributed by atoms with Crippen LogP contribution in [0.25, 0.3) is 0 Å². The molecule has 224 valence electrons. The average molecular weight is 605 g/mol. The lowest BCUT2D eigenvalue weighted by Crippen LogP contribution is -2.47. The Morgan fingerprint density at radius 3 is 2.27 bits per heavy atom. The number of anilines is 1. The maximum Gasteiger partial charge on any atom is 0.436 e. The van der Waals surface area contributed by atoms with Gasteiger partial charge in [-0.1, -0.05) is 5.16 Å². The first-order valence-corrected chi connectivity index (χ1v) is 12.6. The van der Waals surface area contributed by atoms with Crippen LogP contribution in [-0.2, 0) is 19.2 Å². The Bertz CT molecular complexity index is 1060. The fourth-order valence-corrected chi connectivity index (χ4v) is 3.95. The molecule has 0 radical (unpaired) electrons. The number of carbonyl (C=O) groups excluding carboxylic acids is 4. The monoisotopic (exact) mass is 603 g/mol. The second-order valence-electron chi connectivity index (χ2n) is 10.2. The van der Waals surface area contributed by atoms with E-state index in [0.717, 1.165) is 13.1 Å². The highest BCUT2D eigenvalue weighted by atomic mass is 35.5. The Hall–Kier alpha value is -3.29. The lowest BCUT2D eigenvalue weighted by atomic mass is 10.2. The zero-order valence-electron chi connectivity index (χ0n) is 23.2. The van der Waals surface area contributed by atoms with Gasteiger partial charge in [0.25, 0.3) is 0 Å². The first-order chi connectivity index (χ1) is 17.9. The van der Waals surface area contributed by atoms with Gasteiger partial charge in [-0.25, -0.2) is 9.59 Å². The normalized spacial score (nSPS) is 17.9. The smallest absolute Gasteiger partial charge is 0.436 e. The number of hydrogen-bond donors (Lipinski definition) is 3. The number of nitrogens with one attached hydrogen (secondary N) is 2. The number of nitrogens with zero attached hydrogens (tertiary/aromatic N) is 4. The average Bonchev–Trinajstić information content (AvgIpc) is 3.21. The minimum absolute atomic E-state index is 0. The summed E-state index contributed by atoms with van der Waals surface area (Å²) < 4.78 is 5.20. The van der Waals surface area contributed by atoms with Crippen molar-refractivity contribution in [2.24, 2.45) is 10.9 Å². The first-order valence-electron chi connectivity index (χ1n) is 12.6. The van der Waals surface area contributed by atoms with Crippen LogP contribution in [0, 0.1) is 0 Å². The van der Waals surface area contributed by atoms with Crippen LogP contribution in [0.1, 0.15) is 39.2 Å². The van der Waals surface area contributed by atoms with E-state index in [9.17, 15) is 19.2 Å². The van der Waals surface area contributed by atoms with Crippen molar-refractivity contribution in [1.82, 2.24) is 20.4 Å². The third-order valence-corrected chi connectivity index (χ3v) is 6.00. The number of piperazine rings is 1. The van der Waals surface area contributed by atoms with Gasteiger partial charge in [0.1, 0.15) is 11.6 Å². The van der Waals surface area contributed by atoms with Gasteiger partial charge in [0, 0.05) is 50.5 Å². The summed E-state index contributed by atoms with van der Waals surface area (Å²) >= 11 is 0. The topological polar surface area (TPSA) is 159 Å². The van der Waals surface area contributed by atoms with Crippen molar-refractivity contribution in [2.45, 2.75) is 45.3 Å². The molecule has 3 rings (SSSR count). The van der Waals surface area contributed by atoms with E-state index in [2.05, 4.69) is 20.7 Å². The van der Waals surface area contributed by atoms with E-state index in [0.29, 0.717) is 37.3 Å². The number of benzene rings is 1. The summed E-state index contributed by atoms with van der Waals surface area (Å²) in [5, 5.41) is 8.98. The number of amides is 4. The molecule has 15 heteroatoms. The van der Waals surface area contributed by atoms with E-state index < -0.39 is 29.7 Å². The highest BCUT2D eigenvalue weighted by Gasteiger charge is 2.33. The molecule has 0 bridgehead atoms. The summed E-state index contributed by atoms with van der Waals surface area (Å²) in [4.78, 5) is 59.2. The van der Waals surface area contributed by atoms with Crippen LogP contribution >= 0.6 is 24.8 Å². The van der Waals surface area contributed by atoms with Crippen molar-refractivity contribution >= 4 is 60.3 Å². The molecule has 1 aromatic rings. The van der Waals surface area contributed by atoms with Crippen LogP contribution in [-0.4, -0.2) is 97.6 Å². The zero-order valence-corrected chi connectivity index (χ0v) is 24.8. The Labute approximate surface area is 246 Å². The lowest BCUT2D eigenvalue weighted by molar-refractivity contribution is -0.154. The molecule has 40 heavy (non-hydrogen) atoms. The molecule has 2 fully saturated rings. The molecule has 4 N–H and O–H groups in total. The predicted molar refractivity (Wildman–Crippen MR) is 155 cm³/mol. The molecule has 13 nitrogen and oxygen atoms in total. The van der Waals surface area contributed by atoms with Crippen LogP contribution in [0.2, 0.25) is 0 Å². The van der Waals surface area contributed by atoms with Gasteiger partial charge in [-0.2, -0.15) is 0 Å². The summed E-state index contributed by atoms with van der Waals surface area (Å²) in [6.45, 7) is 8.48. The van der Waals surface area contributed by atoms with E-state index in [1.807, 2.05) is 7.05 Å². The maximum absolute atomic E-state index is 12.8. The quantitative estimate of drug-likeness (QED) is 0.139. The molecule has 1 atom stereocenters. The summed E-state index contributed by atoms with van der Waals surface area (Å²) in [6, 6.07) is 5.56. The molecular weight excluding hydrogens is 565 g/mol. The number of ether oxygens (including phenoxy) is 1. The third-order valence-electron chi connectivity index (χ3n) is 6.00.